The maximum absolute atomic E-state index is 13.2. The highest BCUT2D eigenvalue weighted by Gasteiger charge is 2.33. The summed E-state index contributed by atoms with van der Waals surface area (Å²) in [7, 11) is 0. The number of aromatic amines is 1. The van der Waals surface area contributed by atoms with Crippen molar-refractivity contribution in [1.29, 1.82) is 0 Å². The molecule has 0 bridgehead atoms. The van der Waals surface area contributed by atoms with Crippen LogP contribution in [0, 0.1) is 5.82 Å². The van der Waals surface area contributed by atoms with Gasteiger partial charge in [0.05, 0.1) is 16.8 Å². The average molecular weight is 378 g/mol. The lowest BCUT2D eigenvalue weighted by atomic mass is 10.1. The van der Waals surface area contributed by atoms with Gasteiger partial charge in [0.1, 0.15) is 5.82 Å². The van der Waals surface area contributed by atoms with Crippen LogP contribution in [0.3, 0.4) is 0 Å². The number of rotatable bonds is 4. The van der Waals surface area contributed by atoms with Gasteiger partial charge in [-0.05, 0) is 48.2 Å². The first kappa shape index (κ1) is 18.6. The van der Waals surface area contributed by atoms with Crippen LogP contribution in [0.25, 0.3) is 10.9 Å². The van der Waals surface area contributed by atoms with Crippen molar-refractivity contribution < 1.29 is 22.4 Å². The molecule has 0 saturated heterocycles. The molecule has 3 aromatic rings. The van der Waals surface area contributed by atoms with E-state index < -0.39 is 29.0 Å². The third kappa shape index (κ3) is 4.33. The van der Waals surface area contributed by atoms with Gasteiger partial charge in [-0.15, -0.1) is 0 Å². The van der Waals surface area contributed by atoms with Crippen LogP contribution >= 0.6 is 0 Å². The Bertz CT molecular complexity index is 1060. The molecule has 4 nitrogen and oxygen atoms in total. The van der Waals surface area contributed by atoms with E-state index in [0.717, 1.165) is 12.1 Å². The van der Waals surface area contributed by atoms with Gasteiger partial charge in [-0.2, -0.15) is 13.2 Å². The first-order valence-electron chi connectivity index (χ1n) is 8.01. The first-order valence-corrected chi connectivity index (χ1v) is 8.01. The van der Waals surface area contributed by atoms with Gasteiger partial charge in [-0.3, -0.25) is 9.59 Å². The summed E-state index contributed by atoms with van der Waals surface area (Å²) >= 11 is 0. The standard InChI is InChI=1S/C19H14F4N2O2/c20-13-7-5-11-9-12(18(27)25-16(11)10-13)6-8-17(26)24-15-4-2-1-3-14(15)19(21,22)23/h1-5,7,9-10H,6,8H2,(H,24,26)(H,25,27). The van der Waals surface area contributed by atoms with Crippen LogP contribution < -0.4 is 10.9 Å². The molecule has 0 fully saturated rings. The summed E-state index contributed by atoms with van der Waals surface area (Å²) in [6.45, 7) is 0. The van der Waals surface area contributed by atoms with Crippen LogP contribution in [0.4, 0.5) is 23.2 Å². The fourth-order valence-corrected chi connectivity index (χ4v) is 2.70. The van der Waals surface area contributed by atoms with Gasteiger partial charge in [-0.25, -0.2) is 4.39 Å². The van der Waals surface area contributed by atoms with E-state index in [4.69, 9.17) is 0 Å². The van der Waals surface area contributed by atoms with Crippen molar-refractivity contribution in [2.45, 2.75) is 19.0 Å². The molecule has 3 rings (SSSR count). The highest BCUT2D eigenvalue weighted by atomic mass is 19.4. The summed E-state index contributed by atoms with van der Waals surface area (Å²) < 4.78 is 52.1. The Morgan fingerprint density at radius 1 is 1.07 bits per heavy atom. The molecule has 0 aliphatic heterocycles. The highest BCUT2D eigenvalue weighted by Crippen LogP contribution is 2.34. The number of aromatic nitrogens is 1. The number of amides is 1. The second-order valence-electron chi connectivity index (χ2n) is 5.95. The lowest BCUT2D eigenvalue weighted by Gasteiger charge is -2.13. The molecular weight excluding hydrogens is 364 g/mol. The first-order chi connectivity index (χ1) is 12.7. The molecule has 2 aromatic carbocycles. The number of nitrogens with one attached hydrogen (secondary N) is 2. The van der Waals surface area contributed by atoms with Crippen molar-refractivity contribution in [1.82, 2.24) is 4.98 Å². The zero-order valence-electron chi connectivity index (χ0n) is 13.9. The van der Waals surface area contributed by atoms with E-state index in [-0.39, 0.29) is 24.1 Å². The van der Waals surface area contributed by atoms with Crippen LogP contribution in [0.15, 0.2) is 53.3 Å². The Morgan fingerprint density at radius 2 is 1.81 bits per heavy atom. The largest absolute Gasteiger partial charge is 0.418 e. The van der Waals surface area contributed by atoms with E-state index in [1.165, 1.54) is 36.4 Å². The van der Waals surface area contributed by atoms with E-state index in [1.807, 2.05) is 0 Å². The van der Waals surface area contributed by atoms with Crippen molar-refractivity contribution in [2.24, 2.45) is 0 Å². The second kappa shape index (κ2) is 7.22. The molecule has 0 atom stereocenters. The fraction of sp³-hybridized carbons (Fsp3) is 0.158. The number of fused-ring (bicyclic) bond motifs is 1. The molecule has 0 aliphatic carbocycles. The van der Waals surface area contributed by atoms with Crippen LogP contribution in [0.5, 0.6) is 0 Å². The number of para-hydroxylation sites is 1. The van der Waals surface area contributed by atoms with Gasteiger partial charge in [0.25, 0.3) is 5.56 Å². The zero-order chi connectivity index (χ0) is 19.6. The third-order valence-electron chi connectivity index (χ3n) is 4.01. The zero-order valence-corrected chi connectivity index (χ0v) is 13.9. The van der Waals surface area contributed by atoms with E-state index >= 15 is 0 Å². The van der Waals surface area contributed by atoms with Gasteiger partial charge in [-0.1, -0.05) is 12.1 Å². The number of H-pyrrole nitrogens is 1. The number of pyridine rings is 1. The number of hydrogen-bond donors (Lipinski definition) is 2. The number of anilines is 1. The van der Waals surface area contributed by atoms with E-state index in [0.29, 0.717) is 10.9 Å². The van der Waals surface area contributed by atoms with Crippen LogP contribution in [0.2, 0.25) is 0 Å². The summed E-state index contributed by atoms with van der Waals surface area (Å²) in [4.78, 5) is 26.6. The lowest BCUT2D eigenvalue weighted by Crippen LogP contribution is -2.19. The van der Waals surface area contributed by atoms with Crippen molar-refractivity contribution in [2.75, 3.05) is 5.32 Å². The molecule has 0 unspecified atom stereocenters. The van der Waals surface area contributed by atoms with Crippen molar-refractivity contribution >= 4 is 22.5 Å². The number of benzene rings is 2. The number of carbonyl (C=O) groups is 1. The Balaban J connectivity index is 1.73. The molecule has 140 valence electrons. The molecule has 0 radical (unpaired) electrons. The number of aryl methyl sites for hydroxylation is 1. The Labute approximate surface area is 150 Å². The van der Waals surface area contributed by atoms with E-state index in [2.05, 4.69) is 10.3 Å². The second-order valence-corrected chi connectivity index (χ2v) is 5.95. The Kier molecular flexibility index (Phi) is 4.98. The van der Waals surface area contributed by atoms with Gasteiger partial charge in [0.15, 0.2) is 0 Å². The Hall–Kier alpha value is -3.16. The van der Waals surface area contributed by atoms with Gasteiger partial charge < -0.3 is 10.3 Å². The number of carbonyl (C=O) groups excluding carboxylic acids is 1. The number of alkyl halides is 3. The minimum atomic E-state index is -4.59. The SMILES string of the molecule is O=C(CCc1cc2ccc(F)cc2[nH]c1=O)Nc1ccccc1C(F)(F)F. The van der Waals surface area contributed by atoms with E-state index in [9.17, 15) is 27.2 Å². The predicted molar refractivity (Wildman–Crippen MR) is 92.9 cm³/mol. The van der Waals surface area contributed by atoms with Crippen molar-refractivity contribution in [3.8, 4) is 0 Å². The minimum Gasteiger partial charge on any atom is -0.325 e. The maximum Gasteiger partial charge on any atom is 0.418 e. The maximum atomic E-state index is 13.2. The van der Waals surface area contributed by atoms with Crippen molar-refractivity contribution in [3.05, 3.63) is 75.8 Å². The average Bonchev–Trinajstić information content (AvgIpc) is 2.59. The normalized spacial score (nSPS) is 11.6. The third-order valence-corrected chi connectivity index (χ3v) is 4.01. The number of hydrogen-bond acceptors (Lipinski definition) is 2. The molecule has 1 heterocycles. The number of halogens is 4. The predicted octanol–water partition coefficient (Wildman–Crippen LogP) is 4.26. The van der Waals surface area contributed by atoms with Gasteiger partial charge in [0.2, 0.25) is 5.91 Å². The van der Waals surface area contributed by atoms with Gasteiger partial charge in [0, 0.05) is 12.0 Å². The lowest BCUT2D eigenvalue weighted by molar-refractivity contribution is -0.137. The molecule has 1 aromatic heterocycles. The summed E-state index contributed by atoms with van der Waals surface area (Å²) in [6.07, 6.45) is -4.74. The smallest absolute Gasteiger partial charge is 0.325 e. The van der Waals surface area contributed by atoms with Gasteiger partial charge >= 0.3 is 6.18 Å². The molecule has 1 amide bonds. The highest BCUT2D eigenvalue weighted by molar-refractivity contribution is 5.91. The van der Waals surface area contributed by atoms with Crippen LogP contribution in [-0.2, 0) is 17.4 Å². The van der Waals surface area contributed by atoms with E-state index in [1.54, 1.807) is 0 Å². The summed E-state index contributed by atoms with van der Waals surface area (Å²) in [5.74, 6) is -1.14. The molecule has 0 saturated carbocycles. The monoisotopic (exact) mass is 378 g/mol. The molecule has 8 heteroatoms. The summed E-state index contributed by atoms with van der Waals surface area (Å²) in [5, 5.41) is 2.82. The summed E-state index contributed by atoms with van der Waals surface area (Å²) in [6, 6.07) is 10.1. The summed E-state index contributed by atoms with van der Waals surface area (Å²) in [5.41, 5.74) is -1.14. The van der Waals surface area contributed by atoms with Crippen LogP contribution in [0.1, 0.15) is 17.5 Å². The fourth-order valence-electron chi connectivity index (χ4n) is 2.70. The van der Waals surface area contributed by atoms with Crippen molar-refractivity contribution in [3.63, 3.8) is 0 Å². The Morgan fingerprint density at radius 3 is 2.56 bits per heavy atom. The topological polar surface area (TPSA) is 62.0 Å². The quantitative estimate of drug-likeness (QED) is 0.667. The molecule has 0 spiro atoms. The molecule has 2 N–H and O–H groups in total. The minimum absolute atomic E-state index is 0.0304. The molecule has 27 heavy (non-hydrogen) atoms. The van der Waals surface area contributed by atoms with Crippen LogP contribution in [-0.4, -0.2) is 10.9 Å². The molecule has 0 aliphatic rings. The molecular formula is C19H14F4N2O2.